The van der Waals surface area contributed by atoms with Crippen molar-refractivity contribution in [2.75, 3.05) is 19.0 Å². The van der Waals surface area contributed by atoms with Crippen LogP contribution in [0.3, 0.4) is 0 Å². The Morgan fingerprint density at radius 2 is 1.82 bits per heavy atom. The van der Waals surface area contributed by atoms with Crippen molar-refractivity contribution in [1.82, 2.24) is 0 Å². The molecular weight excluding hydrogens is 232 g/mol. The molecule has 0 saturated heterocycles. The number of ether oxygens (including phenoxy) is 2. The fourth-order valence-corrected chi connectivity index (χ4v) is 2.51. The molecule has 1 fully saturated rings. The van der Waals surface area contributed by atoms with Gasteiger partial charge in [-0.15, -0.1) is 0 Å². The van der Waals surface area contributed by atoms with Crippen molar-refractivity contribution in [3.05, 3.63) is 24.3 Å². The van der Waals surface area contributed by atoms with E-state index in [1.54, 1.807) is 0 Å². The van der Waals surface area contributed by atoms with E-state index in [-0.39, 0.29) is 0 Å². The fourth-order valence-electron chi connectivity index (χ4n) is 2.10. The van der Waals surface area contributed by atoms with E-state index in [1.165, 1.54) is 19.3 Å². The zero-order valence-corrected chi connectivity index (χ0v) is 11.2. The van der Waals surface area contributed by atoms with Gasteiger partial charge in [0.25, 0.3) is 0 Å². The van der Waals surface area contributed by atoms with Gasteiger partial charge in [-0.3, -0.25) is 0 Å². The molecule has 1 saturated carbocycles. The molecule has 1 aliphatic carbocycles. The number of hydrogen-bond donors (Lipinski definition) is 1. The predicted octanol–water partition coefficient (Wildman–Crippen LogP) is 3.56. The minimum atomic E-state index is 0.294. The Bertz CT molecular complexity index is 355. The number of benzene rings is 1. The summed E-state index contributed by atoms with van der Waals surface area (Å²) in [5.41, 5.74) is 0.294. The van der Waals surface area contributed by atoms with Crippen LogP contribution in [0.5, 0.6) is 11.5 Å². The molecule has 2 nitrogen and oxygen atoms in total. The molecule has 0 spiro atoms. The van der Waals surface area contributed by atoms with E-state index >= 15 is 0 Å². The van der Waals surface area contributed by atoms with Crippen molar-refractivity contribution in [3.8, 4) is 11.5 Å². The SMILES string of the molecule is CCOc1ccccc1OCC1(CS)CCC1. The van der Waals surface area contributed by atoms with Crippen molar-refractivity contribution in [2.24, 2.45) is 5.41 Å². The molecule has 1 aromatic rings. The van der Waals surface area contributed by atoms with Crippen LogP contribution in [0, 0.1) is 5.41 Å². The molecular formula is C14H20O2S. The third-order valence-electron chi connectivity index (χ3n) is 3.43. The highest BCUT2D eigenvalue weighted by Crippen LogP contribution is 2.42. The highest BCUT2D eigenvalue weighted by molar-refractivity contribution is 7.80. The average Bonchev–Trinajstić information content (AvgIpc) is 2.31. The lowest BCUT2D eigenvalue weighted by atomic mass is 9.71. The molecule has 0 aliphatic heterocycles. The van der Waals surface area contributed by atoms with E-state index in [0.717, 1.165) is 23.9 Å². The van der Waals surface area contributed by atoms with Gasteiger partial charge in [-0.2, -0.15) is 12.6 Å². The summed E-state index contributed by atoms with van der Waals surface area (Å²) in [4.78, 5) is 0. The van der Waals surface area contributed by atoms with Gasteiger partial charge in [0, 0.05) is 5.41 Å². The third-order valence-corrected chi connectivity index (χ3v) is 4.10. The first-order chi connectivity index (χ1) is 8.29. The molecule has 0 atom stereocenters. The largest absolute Gasteiger partial charge is 0.490 e. The summed E-state index contributed by atoms with van der Waals surface area (Å²) in [5.74, 6) is 2.59. The summed E-state index contributed by atoms with van der Waals surface area (Å²) in [6.45, 7) is 3.40. The molecule has 1 aliphatic rings. The summed E-state index contributed by atoms with van der Waals surface area (Å²) in [5, 5.41) is 0. The Hall–Kier alpha value is -0.830. The van der Waals surface area contributed by atoms with Crippen LogP contribution in [0.1, 0.15) is 26.2 Å². The summed E-state index contributed by atoms with van der Waals surface area (Å²) in [6, 6.07) is 7.87. The summed E-state index contributed by atoms with van der Waals surface area (Å²) in [6.07, 6.45) is 3.76. The van der Waals surface area contributed by atoms with E-state index in [2.05, 4.69) is 12.6 Å². The van der Waals surface area contributed by atoms with Gasteiger partial charge >= 0.3 is 0 Å². The summed E-state index contributed by atoms with van der Waals surface area (Å²) in [7, 11) is 0. The quantitative estimate of drug-likeness (QED) is 0.780. The van der Waals surface area contributed by atoms with E-state index in [4.69, 9.17) is 9.47 Å². The summed E-state index contributed by atoms with van der Waals surface area (Å²) >= 11 is 4.43. The molecule has 0 bridgehead atoms. The smallest absolute Gasteiger partial charge is 0.161 e. The minimum Gasteiger partial charge on any atom is -0.490 e. The third kappa shape index (κ3) is 2.89. The predicted molar refractivity (Wildman–Crippen MR) is 73.2 cm³/mol. The van der Waals surface area contributed by atoms with E-state index in [1.807, 2.05) is 31.2 Å². The van der Waals surface area contributed by atoms with Gasteiger partial charge in [-0.05, 0) is 37.7 Å². The molecule has 0 amide bonds. The van der Waals surface area contributed by atoms with Crippen LogP contribution >= 0.6 is 12.6 Å². The number of thiol groups is 1. The summed E-state index contributed by atoms with van der Waals surface area (Å²) < 4.78 is 11.5. The second-order valence-electron chi connectivity index (χ2n) is 4.68. The van der Waals surface area contributed by atoms with E-state index < -0.39 is 0 Å². The second kappa shape index (κ2) is 5.67. The molecule has 0 aromatic heterocycles. The van der Waals surface area contributed by atoms with Crippen LogP contribution in [-0.2, 0) is 0 Å². The highest BCUT2D eigenvalue weighted by atomic mass is 32.1. The van der Waals surface area contributed by atoms with Crippen LogP contribution in [-0.4, -0.2) is 19.0 Å². The van der Waals surface area contributed by atoms with Gasteiger partial charge in [0.05, 0.1) is 13.2 Å². The van der Waals surface area contributed by atoms with Crippen molar-refractivity contribution < 1.29 is 9.47 Å². The lowest BCUT2D eigenvalue weighted by molar-refractivity contribution is 0.0807. The second-order valence-corrected chi connectivity index (χ2v) is 5.00. The minimum absolute atomic E-state index is 0.294. The van der Waals surface area contributed by atoms with Gasteiger partial charge in [0.1, 0.15) is 0 Å². The molecule has 0 unspecified atom stereocenters. The standard InChI is InChI=1S/C14H20O2S/c1-2-15-12-6-3-4-7-13(12)16-10-14(11-17)8-5-9-14/h3-4,6-7,17H,2,5,8-11H2,1H3. The van der Waals surface area contributed by atoms with Crippen molar-refractivity contribution in [2.45, 2.75) is 26.2 Å². The zero-order chi connectivity index (χ0) is 12.1. The Kier molecular flexibility index (Phi) is 4.21. The van der Waals surface area contributed by atoms with Gasteiger partial charge in [-0.25, -0.2) is 0 Å². The monoisotopic (exact) mass is 252 g/mol. The maximum absolute atomic E-state index is 5.91. The first-order valence-corrected chi connectivity index (χ1v) is 6.88. The topological polar surface area (TPSA) is 18.5 Å². The van der Waals surface area contributed by atoms with Gasteiger partial charge in [0.2, 0.25) is 0 Å². The maximum atomic E-state index is 5.91. The lowest BCUT2D eigenvalue weighted by Crippen LogP contribution is -2.37. The van der Waals surface area contributed by atoms with Gasteiger partial charge in [0.15, 0.2) is 11.5 Å². The normalized spacial score (nSPS) is 17.3. The molecule has 0 heterocycles. The van der Waals surface area contributed by atoms with Crippen LogP contribution in [0.2, 0.25) is 0 Å². The molecule has 3 heteroatoms. The molecule has 0 radical (unpaired) electrons. The first kappa shape index (κ1) is 12.6. The zero-order valence-electron chi connectivity index (χ0n) is 10.3. The van der Waals surface area contributed by atoms with Crippen LogP contribution < -0.4 is 9.47 Å². The van der Waals surface area contributed by atoms with Crippen molar-refractivity contribution in [3.63, 3.8) is 0 Å². The Labute approximate surface area is 109 Å². The molecule has 94 valence electrons. The molecule has 2 rings (SSSR count). The fraction of sp³-hybridized carbons (Fsp3) is 0.571. The molecule has 17 heavy (non-hydrogen) atoms. The van der Waals surface area contributed by atoms with Crippen LogP contribution in [0.25, 0.3) is 0 Å². The van der Waals surface area contributed by atoms with Crippen molar-refractivity contribution in [1.29, 1.82) is 0 Å². The van der Waals surface area contributed by atoms with Crippen LogP contribution in [0.4, 0.5) is 0 Å². The molecule has 0 N–H and O–H groups in total. The number of hydrogen-bond acceptors (Lipinski definition) is 3. The van der Waals surface area contributed by atoms with Gasteiger partial charge in [-0.1, -0.05) is 18.6 Å². The van der Waals surface area contributed by atoms with E-state index in [9.17, 15) is 0 Å². The average molecular weight is 252 g/mol. The Morgan fingerprint density at radius 3 is 2.29 bits per heavy atom. The van der Waals surface area contributed by atoms with Crippen molar-refractivity contribution >= 4 is 12.6 Å². The molecule has 1 aromatic carbocycles. The van der Waals surface area contributed by atoms with Gasteiger partial charge < -0.3 is 9.47 Å². The Morgan fingerprint density at radius 1 is 1.18 bits per heavy atom. The van der Waals surface area contributed by atoms with E-state index in [0.29, 0.717) is 12.0 Å². The maximum Gasteiger partial charge on any atom is 0.161 e. The van der Waals surface area contributed by atoms with Crippen LogP contribution in [0.15, 0.2) is 24.3 Å². The highest BCUT2D eigenvalue weighted by Gasteiger charge is 2.36. The first-order valence-electron chi connectivity index (χ1n) is 6.25. The number of para-hydroxylation sites is 2. The number of rotatable bonds is 6. The lowest BCUT2D eigenvalue weighted by Gasteiger charge is -2.40. The Balaban J connectivity index is 1.98.